The zero-order chi connectivity index (χ0) is 19.3. The first kappa shape index (κ1) is 19.9. The van der Waals surface area contributed by atoms with Gasteiger partial charge in [-0.1, -0.05) is 12.1 Å². The fourth-order valence-electron chi connectivity index (χ4n) is 2.37. The summed E-state index contributed by atoms with van der Waals surface area (Å²) in [5.41, 5.74) is 2.45. The number of hydrogen-bond acceptors (Lipinski definition) is 4. The van der Waals surface area contributed by atoms with Gasteiger partial charge in [-0.2, -0.15) is 4.31 Å². The third-order valence-corrected chi connectivity index (χ3v) is 5.78. The molecule has 0 spiro atoms. The van der Waals surface area contributed by atoms with E-state index in [1.54, 1.807) is 42.5 Å². The number of amides is 1. The van der Waals surface area contributed by atoms with Crippen molar-refractivity contribution in [2.24, 2.45) is 0 Å². The van der Waals surface area contributed by atoms with Crippen molar-refractivity contribution in [1.29, 1.82) is 0 Å². The van der Waals surface area contributed by atoms with Crippen LogP contribution in [-0.2, 0) is 14.8 Å². The molecule has 0 radical (unpaired) electrons. The minimum absolute atomic E-state index is 0.175. The lowest BCUT2D eigenvalue weighted by atomic mass is 10.1. The van der Waals surface area contributed by atoms with Crippen LogP contribution in [0.2, 0.25) is 0 Å². The van der Waals surface area contributed by atoms with Gasteiger partial charge in [-0.25, -0.2) is 8.42 Å². The second-order valence-corrected chi connectivity index (χ2v) is 8.06. The molecule has 0 fully saturated rings. The van der Waals surface area contributed by atoms with Gasteiger partial charge in [0.15, 0.2) is 0 Å². The zero-order valence-corrected chi connectivity index (χ0v) is 16.3. The maximum absolute atomic E-state index is 12.6. The van der Waals surface area contributed by atoms with Crippen LogP contribution >= 0.6 is 0 Å². The molecule has 1 amide bonds. The van der Waals surface area contributed by atoms with E-state index in [1.165, 1.54) is 7.05 Å². The average molecular weight is 376 g/mol. The third-order valence-electron chi connectivity index (χ3n) is 3.98. The maximum atomic E-state index is 12.6. The highest BCUT2D eigenvalue weighted by molar-refractivity contribution is 7.89. The third kappa shape index (κ3) is 4.83. The minimum atomic E-state index is -3.73. The van der Waals surface area contributed by atoms with Gasteiger partial charge in [-0.15, -0.1) is 0 Å². The van der Waals surface area contributed by atoms with E-state index >= 15 is 0 Å². The summed E-state index contributed by atoms with van der Waals surface area (Å²) >= 11 is 0. The van der Waals surface area contributed by atoms with Crippen LogP contribution in [0.1, 0.15) is 18.1 Å². The molecule has 2 rings (SSSR count). The van der Waals surface area contributed by atoms with E-state index in [9.17, 15) is 13.2 Å². The van der Waals surface area contributed by atoms with Gasteiger partial charge in [0.25, 0.3) is 0 Å². The Kier molecular flexibility index (Phi) is 6.39. The Bertz CT molecular complexity index is 894. The molecule has 0 aromatic heterocycles. The van der Waals surface area contributed by atoms with E-state index in [4.69, 9.17) is 4.74 Å². The van der Waals surface area contributed by atoms with Crippen LogP contribution in [0.25, 0.3) is 0 Å². The number of aryl methyl sites for hydroxylation is 2. The summed E-state index contributed by atoms with van der Waals surface area (Å²) in [5.74, 6) is 0.218. The first-order valence-corrected chi connectivity index (χ1v) is 9.74. The number of anilines is 1. The Hall–Kier alpha value is -2.38. The summed E-state index contributed by atoms with van der Waals surface area (Å²) in [6.45, 7) is 5.88. The molecule has 0 aliphatic carbocycles. The number of carbonyl (C=O) groups is 1. The van der Waals surface area contributed by atoms with E-state index in [1.807, 2.05) is 20.8 Å². The van der Waals surface area contributed by atoms with Crippen molar-refractivity contribution in [2.45, 2.75) is 25.7 Å². The van der Waals surface area contributed by atoms with Crippen molar-refractivity contribution in [3.63, 3.8) is 0 Å². The van der Waals surface area contributed by atoms with Crippen LogP contribution in [0, 0.1) is 13.8 Å². The summed E-state index contributed by atoms with van der Waals surface area (Å²) in [5, 5.41) is 2.69. The predicted molar refractivity (Wildman–Crippen MR) is 102 cm³/mol. The van der Waals surface area contributed by atoms with Gasteiger partial charge in [0.05, 0.1) is 18.0 Å². The topological polar surface area (TPSA) is 75.7 Å². The molecule has 0 saturated carbocycles. The number of sulfonamides is 1. The highest BCUT2D eigenvalue weighted by Gasteiger charge is 2.23. The van der Waals surface area contributed by atoms with Crippen molar-refractivity contribution in [3.8, 4) is 5.75 Å². The van der Waals surface area contributed by atoms with Crippen LogP contribution in [0.4, 0.5) is 5.69 Å². The number of carbonyl (C=O) groups excluding carboxylic acids is 1. The van der Waals surface area contributed by atoms with Crippen molar-refractivity contribution >= 4 is 21.6 Å². The lowest BCUT2D eigenvalue weighted by molar-refractivity contribution is -0.116. The van der Waals surface area contributed by atoms with Crippen LogP contribution in [0.15, 0.2) is 47.4 Å². The van der Waals surface area contributed by atoms with E-state index in [0.29, 0.717) is 18.0 Å². The predicted octanol–water partition coefficient (Wildman–Crippen LogP) is 2.96. The fourth-order valence-corrected chi connectivity index (χ4v) is 3.59. The Morgan fingerprint density at radius 2 is 1.85 bits per heavy atom. The largest absolute Gasteiger partial charge is 0.494 e. The van der Waals surface area contributed by atoms with E-state index in [-0.39, 0.29) is 11.4 Å². The molecule has 26 heavy (non-hydrogen) atoms. The molecule has 0 aliphatic rings. The summed E-state index contributed by atoms with van der Waals surface area (Å²) in [4.78, 5) is 12.4. The van der Waals surface area contributed by atoms with Crippen LogP contribution in [-0.4, -0.2) is 38.8 Å². The van der Waals surface area contributed by atoms with Crippen LogP contribution < -0.4 is 10.1 Å². The van der Waals surface area contributed by atoms with Crippen molar-refractivity contribution in [3.05, 3.63) is 53.6 Å². The van der Waals surface area contributed by atoms with Crippen molar-refractivity contribution in [2.75, 3.05) is 25.5 Å². The summed E-state index contributed by atoms with van der Waals surface area (Å²) in [7, 11) is -2.34. The van der Waals surface area contributed by atoms with Crippen LogP contribution in [0.5, 0.6) is 5.75 Å². The fraction of sp³-hybridized carbons (Fsp3) is 0.316. The molecule has 0 aliphatic heterocycles. The quantitative estimate of drug-likeness (QED) is 0.806. The van der Waals surface area contributed by atoms with Crippen molar-refractivity contribution in [1.82, 2.24) is 4.31 Å². The second-order valence-electron chi connectivity index (χ2n) is 6.02. The van der Waals surface area contributed by atoms with Gasteiger partial charge in [-0.05, 0) is 56.2 Å². The van der Waals surface area contributed by atoms with Gasteiger partial charge in [-0.3, -0.25) is 4.79 Å². The first-order chi connectivity index (χ1) is 12.2. The number of nitrogens with one attached hydrogen (secondary N) is 1. The average Bonchev–Trinajstić information content (AvgIpc) is 2.57. The first-order valence-electron chi connectivity index (χ1n) is 8.30. The SMILES string of the molecule is CCOc1cccc(NC(=O)CN(C)S(=O)(=O)c2ccc(C)c(C)c2)c1. The zero-order valence-electron chi connectivity index (χ0n) is 15.4. The number of ether oxygens (including phenoxy) is 1. The molecular weight excluding hydrogens is 352 g/mol. The standard InChI is InChI=1S/C19H24N2O4S/c1-5-25-17-8-6-7-16(12-17)20-19(22)13-21(4)26(23,24)18-10-9-14(2)15(3)11-18/h6-12H,5,13H2,1-4H3,(H,20,22). The molecule has 2 aromatic rings. The number of hydrogen-bond donors (Lipinski definition) is 1. The van der Waals surface area contributed by atoms with E-state index in [0.717, 1.165) is 15.4 Å². The molecule has 140 valence electrons. The molecule has 0 bridgehead atoms. The summed E-state index contributed by atoms with van der Waals surface area (Å²) < 4.78 is 31.7. The molecule has 0 heterocycles. The van der Waals surface area contributed by atoms with Gasteiger partial charge < -0.3 is 10.1 Å². The molecule has 2 aromatic carbocycles. The molecule has 0 saturated heterocycles. The van der Waals surface area contributed by atoms with E-state index < -0.39 is 15.9 Å². The van der Waals surface area contributed by atoms with Gasteiger partial charge in [0, 0.05) is 18.8 Å². The monoisotopic (exact) mass is 376 g/mol. The van der Waals surface area contributed by atoms with Gasteiger partial charge >= 0.3 is 0 Å². The summed E-state index contributed by atoms with van der Waals surface area (Å²) in [6.07, 6.45) is 0. The number of likely N-dealkylation sites (N-methyl/N-ethyl adjacent to an activating group) is 1. The highest BCUT2D eigenvalue weighted by Crippen LogP contribution is 2.19. The number of rotatable bonds is 7. The highest BCUT2D eigenvalue weighted by atomic mass is 32.2. The molecular formula is C19H24N2O4S. The Morgan fingerprint density at radius 1 is 1.12 bits per heavy atom. The van der Waals surface area contributed by atoms with Gasteiger partial charge in [0.2, 0.25) is 15.9 Å². The Labute approximate surface area is 154 Å². The molecule has 1 N–H and O–H groups in total. The molecule has 6 nitrogen and oxygen atoms in total. The lowest BCUT2D eigenvalue weighted by Gasteiger charge is -2.17. The number of nitrogens with zero attached hydrogens (tertiary/aromatic N) is 1. The normalized spacial score (nSPS) is 11.4. The molecule has 7 heteroatoms. The summed E-state index contributed by atoms with van der Waals surface area (Å²) in [6, 6.07) is 11.9. The Morgan fingerprint density at radius 3 is 2.50 bits per heavy atom. The Balaban J connectivity index is 2.08. The molecule has 0 atom stereocenters. The second kappa shape index (κ2) is 8.33. The minimum Gasteiger partial charge on any atom is -0.494 e. The smallest absolute Gasteiger partial charge is 0.243 e. The van der Waals surface area contributed by atoms with Crippen LogP contribution in [0.3, 0.4) is 0 Å². The number of benzene rings is 2. The lowest BCUT2D eigenvalue weighted by Crippen LogP contribution is -2.35. The molecule has 0 unspecified atom stereocenters. The van der Waals surface area contributed by atoms with E-state index in [2.05, 4.69) is 5.32 Å². The van der Waals surface area contributed by atoms with Gasteiger partial charge in [0.1, 0.15) is 5.75 Å². The maximum Gasteiger partial charge on any atom is 0.243 e. The van der Waals surface area contributed by atoms with Crippen molar-refractivity contribution < 1.29 is 17.9 Å².